The van der Waals surface area contributed by atoms with E-state index in [0.717, 1.165) is 77.0 Å². The predicted molar refractivity (Wildman–Crippen MR) is 168 cm³/mol. The largest absolute Gasteiger partial charge is 0.457 e. The quantitative estimate of drug-likeness (QED) is 0.0605. The molecule has 0 aliphatic heterocycles. The molecule has 0 aliphatic rings. The molecule has 0 amide bonds. The first kappa shape index (κ1) is 37.1. The molecule has 4 nitrogen and oxygen atoms in total. The molecule has 0 aliphatic carbocycles. The summed E-state index contributed by atoms with van der Waals surface area (Å²) in [7, 11) is 0. The van der Waals surface area contributed by atoms with Gasteiger partial charge in [-0.15, -0.1) is 0 Å². The minimum Gasteiger partial charge on any atom is -0.457 e. The normalized spacial score (nSPS) is 13.2. The maximum absolute atomic E-state index is 12.1. The van der Waals surface area contributed by atoms with Crippen molar-refractivity contribution in [3.63, 3.8) is 0 Å². The first-order valence-electron chi connectivity index (χ1n) is 15.9. The van der Waals surface area contributed by atoms with Crippen molar-refractivity contribution in [1.82, 2.24) is 0 Å². The highest BCUT2D eigenvalue weighted by atomic mass is 16.6. The van der Waals surface area contributed by atoms with Crippen molar-refractivity contribution in [3.05, 3.63) is 60.8 Å². The minimum atomic E-state index is -0.554. The molecule has 4 heteroatoms. The molecule has 0 spiro atoms. The van der Waals surface area contributed by atoms with Gasteiger partial charge < -0.3 is 14.6 Å². The third kappa shape index (κ3) is 30.5. The van der Waals surface area contributed by atoms with Crippen LogP contribution in [0.25, 0.3) is 0 Å². The summed E-state index contributed by atoms with van der Waals surface area (Å²) in [6, 6.07) is 0. The molecule has 0 aromatic rings. The van der Waals surface area contributed by atoms with E-state index < -0.39 is 6.10 Å². The summed E-state index contributed by atoms with van der Waals surface area (Å²) in [5, 5.41) is 9.50. The Morgan fingerprint density at radius 3 is 1.77 bits per heavy atom. The second kappa shape index (κ2) is 32.3. The Morgan fingerprint density at radius 1 is 0.641 bits per heavy atom. The fourth-order valence-electron chi connectivity index (χ4n) is 3.94. The van der Waals surface area contributed by atoms with E-state index in [1.165, 1.54) is 32.1 Å². The summed E-state index contributed by atoms with van der Waals surface area (Å²) < 4.78 is 11.0. The van der Waals surface area contributed by atoms with Crippen LogP contribution in [-0.4, -0.2) is 37.0 Å². The number of hydrogen-bond acceptors (Lipinski definition) is 4. The van der Waals surface area contributed by atoms with Crippen molar-refractivity contribution in [2.45, 2.75) is 136 Å². The van der Waals surface area contributed by atoms with Crippen molar-refractivity contribution >= 4 is 5.97 Å². The fraction of sp³-hybridized carbons (Fsp3) is 0.686. The van der Waals surface area contributed by atoms with Crippen molar-refractivity contribution in [3.8, 4) is 0 Å². The number of aliphatic hydroxyl groups excluding tert-OH is 1. The zero-order valence-corrected chi connectivity index (χ0v) is 25.4. The fourth-order valence-corrected chi connectivity index (χ4v) is 3.94. The van der Waals surface area contributed by atoms with E-state index in [1.807, 2.05) is 0 Å². The average molecular weight is 545 g/mol. The number of rotatable bonds is 28. The number of esters is 1. The Morgan fingerprint density at radius 2 is 1.15 bits per heavy atom. The number of unbranched alkanes of at least 4 members (excludes halogenated alkanes) is 10. The summed E-state index contributed by atoms with van der Waals surface area (Å²) in [5.74, 6) is -0.227. The molecule has 0 aromatic heterocycles. The lowest BCUT2D eigenvalue weighted by Gasteiger charge is -2.15. The Kier molecular flexibility index (Phi) is 30.7. The molecule has 1 unspecified atom stereocenters. The molecule has 0 rings (SSSR count). The van der Waals surface area contributed by atoms with Crippen LogP contribution in [0.4, 0.5) is 0 Å². The molecule has 224 valence electrons. The lowest BCUT2D eigenvalue weighted by Crippen LogP contribution is -2.27. The highest BCUT2D eigenvalue weighted by Crippen LogP contribution is 2.10. The van der Waals surface area contributed by atoms with Gasteiger partial charge in [-0.05, 0) is 70.6 Å². The number of carbonyl (C=O) groups is 1. The molecule has 0 radical (unpaired) electrons. The van der Waals surface area contributed by atoms with Gasteiger partial charge >= 0.3 is 5.97 Å². The van der Waals surface area contributed by atoms with Crippen molar-refractivity contribution in [1.29, 1.82) is 0 Å². The summed E-state index contributed by atoms with van der Waals surface area (Å²) >= 11 is 0. The molecule has 0 saturated heterocycles. The van der Waals surface area contributed by atoms with Crippen LogP contribution in [-0.2, 0) is 14.3 Å². The Bertz CT molecular complexity index is 660. The number of allylic oxidation sites excluding steroid dienone is 10. The lowest BCUT2D eigenvalue weighted by atomic mass is 10.1. The van der Waals surface area contributed by atoms with Crippen LogP contribution in [0.1, 0.15) is 129 Å². The van der Waals surface area contributed by atoms with E-state index in [9.17, 15) is 9.90 Å². The highest BCUT2D eigenvalue weighted by Gasteiger charge is 2.13. The van der Waals surface area contributed by atoms with E-state index in [0.29, 0.717) is 13.0 Å². The van der Waals surface area contributed by atoms with Gasteiger partial charge in [-0.1, -0.05) is 113 Å². The van der Waals surface area contributed by atoms with Crippen LogP contribution in [0.3, 0.4) is 0 Å². The maximum Gasteiger partial charge on any atom is 0.306 e. The van der Waals surface area contributed by atoms with Gasteiger partial charge in [0.2, 0.25) is 0 Å². The van der Waals surface area contributed by atoms with Crippen molar-refractivity contribution < 1.29 is 19.4 Å². The topological polar surface area (TPSA) is 55.8 Å². The Hall–Kier alpha value is -1.91. The lowest BCUT2D eigenvalue weighted by molar-refractivity contribution is -0.154. The molecule has 0 heterocycles. The second-order valence-electron chi connectivity index (χ2n) is 10.1. The first-order chi connectivity index (χ1) is 19.2. The van der Waals surface area contributed by atoms with Crippen LogP contribution in [0.2, 0.25) is 0 Å². The third-order valence-electron chi connectivity index (χ3n) is 6.33. The molecule has 0 saturated carbocycles. The third-order valence-corrected chi connectivity index (χ3v) is 6.33. The van der Waals surface area contributed by atoms with E-state index >= 15 is 0 Å². The molecule has 0 fully saturated rings. The van der Waals surface area contributed by atoms with Gasteiger partial charge in [0, 0.05) is 13.0 Å². The summed E-state index contributed by atoms with van der Waals surface area (Å²) in [4.78, 5) is 12.1. The summed E-state index contributed by atoms with van der Waals surface area (Å²) in [5.41, 5.74) is 0. The van der Waals surface area contributed by atoms with Crippen molar-refractivity contribution in [2.24, 2.45) is 0 Å². The van der Waals surface area contributed by atoms with Crippen molar-refractivity contribution in [2.75, 3.05) is 19.8 Å². The molecular weight excluding hydrogens is 484 g/mol. The zero-order valence-electron chi connectivity index (χ0n) is 25.4. The average Bonchev–Trinajstić information content (AvgIpc) is 2.94. The highest BCUT2D eigenvalue weighted by molar-refractivity contribution is 5.69. The van der Waals surface area contributed by atoms with E-state index in [4.69, 9.17) is 9.47 Å². The maximum atomic E-state index is 12.1. The smallest absolute Gasteiger partial charge is 0.306 e. The van der Waals surface area contributed by atoms with Crippen LogP contribution < -0.4 is 0 Å². The van der Waals surface area contributed by atoms with Crippen LogP contribution in [0, 0.1) is 0 Å². The number of ether oxygens (including phenoxy) is 2. The van der Waals surface area contributed by atoms with Crippen LogP contribution >= 0.6 is 0 Å². The molecule has 0 aromatic carbocycles. The Balaban J connectivity index is 3.57. The monoisotopic (exact) mass is 544 g/mol. The van der Waals surface area contributed by atoms with Gasteiger partial charge in [-0.2, -0.15) is 0 Å². The van der Waals surface area contributed by atoms with Crippen LogP contribution in [0.15, 0.2) is 60.8 Å². The minimum absolute atomic E-state index is 0.191. The van der Waals surface area contributed by atoms with Gasteiger partial charge in [-0.3, -0.25) is 4.79 Å². The van der Waals surface area contributed by atoms with Gasteiger partial charge in [0.25, 0.3) is 0 Å². The van der Waals surface area contributed by atoms with E-state index in [-0.39, 0.29) is 19.2 Å². The van der Waals surface area contributed by atoms with Gasteiger partial charge in [0.1, 0.15) is 6.10 Å². The summed E-state index contributed by atoms with van der Waals surface area (Å²) in [6.45, 7) is 5.09. The molecule has 39 heavy (non-hydrogen) atoms. The van der Waals surface area contributed by atoms with E-state index in [2.05, 4.69) is 74.6 Å². The number of carbonyl (C=O) groups excluding carboxylic acids is 1. The van der Waals surface area contributed by atoms with Gasteiger partial charge in [0.15, 0.2) is 0 Å². The van der Waals surface area contributed by atoms with Gasteiger partial charge in [-0.25, -0.2) is 0 Å². The zero-order chi connectivity index (χ0) is 28.5. The van der Waals surface area contributed by atoms with Crippen LogP contribution in [0.5, 0.6) is 0 Å². The standard InChI is InChI=1S/C35H60O4/c1-3-5-7-9-11-13-15-16-17-18-19-21-23-25-27-29-31-38-33-34(32-36)39-35(37)30-28-26-24-22-20-14-12-10-8-6-4-2/h5,7,10-13,16-17,19,21,34,36H,3-4,6,8-9,14-15,18,20,22-33H2,1-2H3/b7-5-,12-10-,13-11-,17-16-,21-19-. The van der Waals surface area contributed by atoms with Gasteiger partial charge in [0.05, 0.1) is 13.2 Å². The van der Waals surface area contributed by atoms with E-state index in [1.54, 1.807) is 0 Å². The Labute approximate surface area is 241 Å². The second-order valence-corrected chi connectivity index (χ2v) is 10.1. The SMILES string of the molecule is CC/C=C\C/C=C\C/C=C\C/C=C\CCCCCOCC(CO)OC(=O)CCCCCCC/C=C\CCCC. The number of aliphatic hydroxyl groups is 1. The first-order valence-corrected chi connectivity index (χ1v) is 15.9. The predicted octanol–water partition coefficient (Wildman–Crippen LogP) is 9.75. The molecule has 1 atom stereocenters. The number of hydrogen-bond donors (Lipinski definition) is 1. The molecular formula is C35H60O4. The molecule has 1 N–H and O–H groups in total. The molecule has 0 bridgehead atoms. The summed E-state index contributed by atoms with van der Waals surface area (Å²) in [6.07, 6.45) is 41.1.